The zero-order chi connectivity index (χ0) is 15.7. The lowest BCUT2D eigenvalue weighted by Crippen LogP contribution is -2.15. The maximum Gasteiger partial charge on any atom is 0.250 e. The molecule has 0 saturated carbocycles. The monoisotopic (exact) mass is 291 g/mol. The predicted molar refractivity (Wildman–Crippen MR) is 79.3 cm³/mol. The van der Waals surface area contributed by atoms with E-state index in [0.29, 0.717) is 6.54 Å². The van der Waals surface area contributed by atoms with E-state index in [-0.39, 0.29) is 16.9 Å². The first kappa shape index (κ1) is 14.8. The van der Waals surface area contributed by atoms with Crippen LogP contribution in [0.15, 0.2) is 12.1 Å². The second-order valence-corrected chi connectivity index (χ2v) is 4.91. The molecule has 1 aromatic carbocycles. The number of aryl methyl sites for hydroxylation is 2. The van der Waals surface area contributed by atoms with Crippen LogP contribution < -0.4 is 16.8 Å². The fourth-order valence-corrected chi connectivity index (χ4v) is 2.19. The first-order valence-corrected chi connectivity index (χ1v) is 6.43. The first-order valence-electron chi connectivity index (χ1n) is 6.43. The van der Waals surface area contributed by atoms with E-state index >= 15 is 0 Å². The van der Waals surface area contributed by atoms with Crippen LogP contribution in [-0.4, -0.2) is 15.7 Å². The Morgan fingerprint density at radius 3 is 2.62 bits per heavy atom. The first-order chi connectivity index (χ1) is 9.81. The van der Waals surface area contributed by atoms with Gasteiger partial charge < -0.3 is 16.8 Å². The number of hydrogen-bond donors (Lipinski definition) is 3. The molecule has 1 aromatic heterocycles. The van der Waals surface area contributed by atoms with Crippen molar-refractivity contribution >= 4 is 17.3 Å². The number of benzene rings is 1. The summed E-state index contributed by atoms with van der Waals surface area (Å²) < 4.78 is 15.7. The Hall–Kier alpha value is -2.57. The molecule has 0 spiro atoms. The number of nitrogens with two attached hydrogens (primary N) is 2. The maximum atomic E-state index is 13.9. The summed E-state index contributed by atoms with van der Waals surface area (Å²) in [4.78, 5) is 11.2. The van der Waals surface area contributed by atoms with Crippen LogP contribution in [-0.2, 0) is 13.6 Å². The number of aromatic nitrogens is 2. The number of nitrogens with zero attached hydrogens (tertiary/aromatic N) is 2. The van der Waals surface area contributed by atoms with Crippen LogP contribution >= 0.6 is 0 Å². The summed E-state index contributed by atoms with van der Waals surface area (Å²) in [7, 11) is 1.85. The molecule has 5 N–H and O–H groups in total. The predicted octanol–water partition coefficient (Wildman–Crippen LogP) is 1.47. The molecule has 21 heavy (non-hydrogen) atoms. The van der Waals surface area contributed by atoms with Gasteiger partial charge in [-0.2, -0.15) is 5.10 Å². The highest BCUT2D eigenvalue weighted by molar-refractivity contribution is 5.99. The van der Waals surface area contributed by atoms with Crippen LogP contribution in [0.25, 0.3) is 0 Å². The molecule has 0 saturated heterocycles. The average molecular weight is 291 g/mol. The Labute approximate surface area is 121 Å². The fraction of sp³-hybridized carbons (Fsp3) is 0.286. The van der Waals surface area contributed by atoms with Crippen molar-refractivity contribution in [3.63, 3.8) is 0 Å². The maximum absolute atomic E-state index is 13.9. The Morgan fingerprint density at radius 1 is 1.43 bits per heavy atom. The summed E-state index contributed by atoms with van der Waals surface area (Å²) in [5, 5.41) is 7.25. The van der Waals surface area contributed by atoms with Crippen LogP contribution in [0.1, 0.15) is 27.3 Å². The Bertz CT molecular complexity index is 708. The van der Waals surface area contributed by atoms with Crippen LogP contribution in [0, 0.1) is 19.7 Å². The van der Waals surface area contributed by atoms with Gasteiger partial charge in [0.25, 0.3) is 5.91 Å². The molecule has 1 heterocycles. The number of amides is 1. The zero-order valence-corrected chi connectivity index (χ0v) is 12.2. The molecule has 112 valence electrons. The topological polar surface area (TPSA) is 99.0 Å². The molecule has 0 aliphatic rings. The minimum Gasteiger partial charge on any atom is -0.398 e. The molecule has 1 amide bonds. The van der Waals surface area contributed by atoms with Gasteiger partial charge >= 0.3 is 0 Å². The number of nitrogen functional groups attached to an aromatic ring is 1. The molecule has 6 nitrogen and oxygen atoms in total. The second kappa shape index (κ2) is 5.43. The van der Waals surface area contributed by atoms with Crippen LogP contribution in [0.2, 0.25) is 0 Å². The van der Waals surface area contributed by atoms with Crippen molar-refractivity contribution in [3.05, 3.63) is 40.5 Å². The highest BCUT2D eigenvalue weighted by Gasteiger charge is 2.14. The van der Waals surface area contributed by atoms with Crippen molar-refractivity contribution < 1.29 is 9.18 Å². The van der Waals surface area contributed by atoms with Gasteiger partial charge in [0, 0.05) is 30.5 Å². The summed E-state index contributed by atoms with van der Waals surface area (Å²) in [5.41, 5.74) is 13.9. The third kappa shape index (κ3) is 2.81. The molecule has 0 bridgehead atoms. The number of anilines is 2. The zero-order valence-electron chi connectivity index (χ0n) is 12.2. The van der Waals surface area contributed by atoms with E-state index in [1.807, 2.05) is 20.9 Å². The van der Waals surface area contributed by atoms with Gasteiger partial charge in [-0.1, -0.05) is 0 Å². The third-order valence-electron chi connectivity index (χ3n) is 3.52. The quantitative estimate of drug-likeness (QED) is 0.743. The lowest BCUT2D eigenvalue weighted by Gasteiger charge is -2.11. The van der Waals surface area contributed by atoms with Gasteiger partial charge in [-0.15, -0.1) is 0 Å². The molecule has 0 radical (unpaired) electrons. The number of halogens is 1. The number of nitrogens with one attached hydrogen (secondary N) is 1. The second-order valence-electron chi connectivity index (χ2n) is 4.91. The number of carbonyl (C=O) groups is 1. The van der Waals surface area contributed by atoms with E-state index in [4.69, 9.17) is 11.5 Å². The van der Waals surface area contributed by atoms with Gasteiger partial charge in [0.15, 0.2) is 0 Å². The van der Waals surface area contributed by atoms with Gasteiger partial charge in [-0.3, -0.25) is 9.48 Å². The minimum atomic E-state index is -0.690. The van der Waals surface area contributed by atoms with Crippen LogP contribution in [0.5, 0.6) is 0 Å². The van der Waals surface area contributed by atoms with Gasteiger partial charge in [0.2, 0.25) is 0 Å². The smallest absolute Gasteiger partial charge is 0.250 e. The van der Waals surface area contributed by atoms with Crippen molar-refractivity contribution in [3.8, 4) is 0 Å². The molecule has 0 aliphatic heterocycles. The standard InChI is InChI=1S/C14H18FN5O/c1-7-10(8(2)20(3)19-7)6-18-13-4-9(14(17)21)12(16)5-11(13)15/h4-5,18H,6,16H2,1-3H3,(H2,17,21). The fourth-order valence-electron chi connectivity index (χ4n) is 2.19. The lowest BCUT2D eigenvalue weighted by molar-refractivity contribution is 0.100. The number of rotatable bonds is 4. The SMILES string of the molecule is Cc1nn(C)c(C)c1CNc1cc(C(N)=O)c(N)cc1F. The van der Waals surface area contributed by atoms with Crippen molar-refractivity contribution in [2.45, 2.75) is 20.4 Å². The molecule has 7 heteroatoms. The van der Waals surface area contributed by atoms with Crippen molar-refractivity contribution in [1.29, 1.82) is 0 Å². The van der Waals surface area contributed by atoms with E-state index in [0.717, 1.165) is 23.0 Å². The van der Waals surface area contributed by atoms with Crippen molar-refractivity contribution in [2.75, 3.05) is 11.1 Å². The van der Waals surface area contributed by atoms with Crippen LogP contribution in [0.4, 0.5) is 15.8 Å². The van der Waals surface area contributed by atoms with Gasteiger partial charge in [-0.25, -0.2) is 4.39 Å². The van der Waals surface area contributed by atoms with Gasteiger partial charge in [0.1, 0.15) is 5.82 Å². The van der Waals surface area contributed by atoms with E-state index in [9.17, 15) is 9.18 Å². The molecule has 2 aromatic rings. The van der Waals surface area contributed by atoms with Crippen molar-refractivity contribution in [2.24, 2.45) is 12.8 Å². The summed E-state index contributed by atoms with van der Waals surface area (Å²) in [5.74, 6) is -1.22. The highest BCUT2D eigenvalue weighted by atomic mass is 19.1. The molecule has 0 aliphatic carbocycles. The summed E-state index contributed by atoms with van der Waals surface area (Å²) in [6.07, 6.45) is 0. The van der Waals surface area contributed by atoms with E-state index in [1.165, 1.54) is 6.07 Å². The summed E-state index contributed by atoms with van der Waals surface area (Å²) in [6.45, 7) is 4.22. The molecule has 0 atom stereocenters. The lowest BCUT2D eigenvalue weighted by atomic mass is 10.1. The molecular weight excluding hydrogens is 273 g/mol. The van der Waals surface area contributed by atoms with Gasteiger partial charge in [0.05, 0.1) is 16.9 Å². The molecule has 2 rings (SSSR count). The van der Waals surface area contributed by atoms with E-state index in [1.54, 1.807) is 4.68 Å². The molecular formula is C14H18FN5O. The largest absolute Gasteiger partial charge is 0.398 e. The van der Waals surface area contributed by atoms with Gasteiger partial charge in [-0.05, 0) is 26.0 Å². The van der Waals surface area contributed by atoms with Crippen molar-refractivity contribution in [1.82, 2.24) is 9.78 Å². The Morgan fingerprint density at radius 2 is 2.10 bits per heavy atom. The molecule has 0 unspecified atom stereocenters. The summed E-state index contributed by atoms with van der Waals surface area (Å²) in [6, 6.07) is 2.42. The summed E-state index contributed by atoms with van der Waals surface area (Å²) >= 11 is 0. The number of carbonyl (C=O) groups excluding carboxylic acids is 1. The highest BCUT2D eigenvalue weighted by Crippen LogP contribution is 2.23. The minimum absolute atomic E-state index is 0.0271. The number of hydrogen-bond acceptors (Lipinski definition) is 4. The third-order valence-corrected chi connectivity index (χ3v) is 3.52. The Kier molecular flexibility index (Phi) is 3.84. The van der Waals surface area contributed by atoms with E-state index < -0.39 is 11.7 Å². The normalized spacial score (nSPS) is 10.7. The van der Waals surface area contributed by atoms with Crippen LogP contribution in [0.3, 0.4) is 0 Å². The number of primary amides is 1. The molecule has 0 fully saturated rings. The Balaban J connectivity index is 2.28. The van der Waals surface area contributed by atoms with E-state index in [2.05, 4.69) is 10.4 Å². The average Bonchev–Trinajstić information content (AvgIpc) is 2.62.